The van der Waals surface area contributed by atoms with Crippen molar-refractivity contribution >= 4 is 28.4 Å². The lowest BCUT2D eigenvalue weighted by Gasteiger charge is -2.36. The van der Waals surface area contributed by atoms with E-state index in [1.54, 1.807) is 12.4 Å². The van der Waals surface area contributed by atoms with E-state index in [0.717, 1.165) is 29.6 Å². The Kier molecular flexibility index (Phi) is 4.21. The number of aliphatic hydroxyl groups is 1. The fourth-order valence-electron chi connectivity index (χ4n) is 2.92. The highest BCUT2D eigenvalue weighted by Crippen LogP contribution is 2.31. The molecule has 0 aliphatic carbocycles. The molecule has 7 heteroatoms. The van der Waals surface area contributed by atoms with Gasteiger partial charge in [-0.25, -0.2) is 15.0 Å². The Morgan fingerprint density at radius 3 is 2.71 bits per heavy atom. The highest BCUT2D eigenvalue weighted by Gasteiger charge is 2.26. The average Bonchev–Trinajstić information content (AvgIpc) is 2.49. The van der Waals surface area contributed by atoms with E-state index in [1.165, 1.54) is 0 Å². The first kappa shape index (κ1) is 16.7. The van der Waals surface area contributed by atoms with Gasteiger partial charge in [0.05, 0.1) is 23.4 Å². The molecule has 24 heavy (non-hydrogen) atoms. The van der Waals surface area contributed by atoms with E-state index < -0.39 is 0 Å². The maximum Gasteiger partial charge on any atom is 0.223 e. The fraction of sp³-hybridized carbons (Fsp3) is 0.588. The van der Waals surface area contributed by atoms with E-state index >= 15 is 0 Å². The van der Waals surface area contributed by atoms with Gasteiger partial charge < -0.3 is 21.1 Å². The molecule has 7 nitrogen and oxygen atoms in total. The molecule has 1 aliphatic heterocycles. The maximum absolute atomic E-state index is 10.2. The number of nitrogens with zero attached hydrogens (tertiary/aromatic N) is 4. The third-order valence-corrected chi connectivity index (χ3v) is 4.38. The minimum Gasteiger partial charge on any atom is -0.391 e. The molecule has 0 amide bonds. The summed E-state index contributed by atoms with van der Waals surface area (Å²) >= 11 is 0. The number of rotatable bonds is 2. The van der Waals surface area contributed by atoms with Gasteiger partial charge in [-0.1, -0.05) is 6.92 Å². The summed E-state index contributed by atoms with van der Waals surface area (Å²) in [7, 11) is 0. The molecule has 4 N–H and O–H groups in total. The Hall–Kier alpha value is -2.15. The number of hydrogen-bond acceptors (Lipinski definition) is 7. The van der Waals surface area contributed by atoms with Crippen LogP contribution in [0.2, 0.25) is 0 Å². The van der Waals surface area contributed by atoms with Crippen LogP contribution < -0.4 is 16.0 Å². The maximum atomic E-state index is 10.2. The zero-order valence-corrected chi connectivity index (χ0v) is 14.7. The van der Waals surface area contributed by atoms with Gasteiger partial charge in [0.25, 0.3) is 0 Å². The van der Waals surface area contributed by atoms with Crippen LogP contribution in [0.1, 0.15) is 34.1 Å². The molecule has 0 saturated carbocycles. The topological polar surface area (TPSA) is 100 Å². The second-order valence-corrected chi connectivity index (χ2v) is 7.64. The van der Waals surface area contributed by atoms with E-state index in [4.69, 9.17) is 5.73 Å². The molecule has 2 aromatic rings. The summed E-state index contributed by atoms with van der Waals surface area (Å²) in [6.07, 6.45) is 4.05. The van der Waals surface area contributed by atoms with E-state index in [0.29, 0.717) is 24.2 Å². The molecule has 0 radical (unpaired) electrons. The van der Waals surface area contributed by atoms with Crippen molar-refractivity contribution in [1.82, 2.24) is 15.0 Å². The van der Waals surface area contributed by atoms with Crippen LogP contribution in [-0.2, 0) is 0 Å². The number of aliphatic hydroxyl groups excluding tert-OH is 1. The summed E-state index contributed by atoms with van der Waals surface area (Å²) in [5.74, 6) is 1.29. The zero-order chi connectivity index (χ0) is 17.5. The van der Waals surface area contributed by atoms with Gasteiger partial charge in [-0.2, -0.15) is 0 Å². The summed E-state index contributed by atoms with van der Waals surface area (Å²) < 4.78 is 0. The number of hydrogen-bond donors (Lipinski definition) is 3. The molecule has 0 bridgehead atoms. The minimum absolute atomic E-state index is 0.136. The van der Waals surface area contributed by atoms with Gasteiger partial charge in [0.15, 0.2) is 0 Å². The van der Waals surface area contributed by atoms with Crippen LogP contribution in [0.15, 0.2) is 12.4 Å². The first-order valence-corrected chi connectivity index (χ1v) is 8.37. The summed E-state index contributed by atoms with van der Waals surface area (Å²) in [4.78, 5) is 15.4. The molecule has 1 aliphatic rings. The molecule has 1 saturated heterocycles. The quantitative estimate of drug-likeness (QED) is 0.774. The SMILES string of the molecule is CC1CCN(c2cnc(N)c3cnc(NC(C)(C)C)nc23)CC1O. The van der Waals surface area contributed by atoms with Gasteiger partial charge in [-0.05, 0) is 33.1 Å². The summed E-state index contributed by atoms with van der Waals surface area (Å²) in [5.41, 5.74) is 7.53. The van der Waals surface area contributed by atoms with E-state index in [1.807, 2.05) is 0 Å². The van der Waals surface area contributed by atoms with Crippen LogP contribution >= 0.6 is 0 Å². The van der Waals surface area contributed by atoms with Crippen molar-refractivity contribution in [3.05, 3.63) is 12.4 Å². The first-order valence-electron chi connectivity index (χ1n) is 8.37. The lowest BCUT2D eigenvalue weighted by atomic mass is 9.95. The molecule has 2 unspecified atom stereocenters. The monoisotopic (exact) mass is 330 g/mol. The number of piperidine rings is 1. The molecule has 3 rings (SSSR count). The molecule has 3 heterocycles. The van der Waals surface area contributed by atoms with Gasteiger partial charge in [0.2, 0.25) is 5.95 Å². The van der Waals surface area contributed by atoms with Crippen molar-refractivity contribution in [1.29, 1.82) is 0 Å². The number of pyridine rings is 1. The third kappa shape index (κ3) is 3.36. The zero-order valence-electron chi connectivity index (χ0n) is 14.7. The highest BCUT2D eigenvalue weighted by molar-refractivity contribution is 5.96. The number of anilines is 3. The van der Waals surface area contributed by atoms with Crippen molar-refractivity contribution in [3.63, 3.8) is 0 Å². The largest absolute Gasteiger partial charge is 0.391 e. The lowest BCUT2D eigenvalue weighted by Crippen LogP contribution is -2.43. The molecule has 0 aromatic carbocycles. The lowest BCUT2D eigenvalue weighted by molar-refractivity contribution is 0.103. The Morgan fingerprint density at radius 1 is 1.29 bits per heavy atom. The second-order valence-electron chi connectivity index (χ2n) is 7.64. The van der Waals surface area contributed by atoms with E-state index in [9.17, 15) is 5.11 Å². The molecule has 130 valence electrons. The minimum atomic E-state index is -0.347. The Morgan fingerprint density at radius 2 is 2.04 bits per heavy atom. The van der Waals surface area contributed by atoms with E-state index in [2.05, 4.69) is 52.9 Å². The number of nitrogens with one attached hydrogen (secondary N) is 1. The summed E-state index contributed by atoms with van der Waals surface area (Å²) in [6.45, 7) is 9.70. The molecule has 1 fully saturated rings. The molecular weight excluding hydrogens is 304 g/mol. The van der Waals surface area contributed by atoms with Gasteiger partial charge in [0, 0.05) is 24.8 Å². The van der Waals surface area contributed by atoms with Crippen molar-refractivity contribution < 1.29 is 5.11 Å². The molecule has 2 aromatic heterocycles. The fourth-order valence-corrected chi connectivity index (χ4v) is 2.92. The number of aromatic nitrogens is 3. The normalized spacial score (nSPS) is 22.0. The average molecular weight is 330 g/mol. The van der Waals surface area contributed by atoms with Gasteiger partial charge >= 0.3 is 0 Å². The van der Waals surface area contributed by atoms with Crippen molar-refractivity contribution in [2.24, 2.45) is 5.92 Å². The van der Waals surface area contributed by atoms with Gasteiger partial charge in [-0.3, -0.25) is 0 Å². The Labute approximate surface area is 142 Å². The van der Waals surface area contributed by atoms with Crippen LogP contribution in [0.4, 0.5) is 17.5 Å². The highest BCUT2D eigenvalue weighted by atomic mass is 16.3. The molecular formula is C17H26N6O. The van der Waals surface area contributed by atoms with Crippen molar-refractivity contribution in [2.75, 3.05) is 29.0 Å². The standard InChI is InChI=1S/C17H26N6O/c1-10-5-6-23(9-13(10)24)12-8-19-15(18)11-7-20-16(21-14(11)12)22-17(2,3)4/h7-8,10,13,24H,5-6,9H2,1-4H3,(H2,18,19)(H,20,21,22). The predicted octanol–water partition coefficient (Wildman–Crippen LogP) is 2.02. The Balaban J connectivity index is 2.04. The predicted molar refractivity (Wildman–Crippen MR) is 97.1 cm³/mol. The molecule has 2 atom stereocenters. The van der Waals surface area contributed by atoms with Gasteiger partial charge in [-0.15, -0.1) is 0 Å². The van der Waals surface area contributed by atoms with Crippen LogP contribution in [0.3, 0.4) is 0 Å². The smallest absolute Gasteiger partial charge is 0.223 e. The van der Waals surface area contributed by atoms with E-state index in [-0.39, 0.29) is 11.6 Å². The van der Waals surface area contributed by atoms with Crippen molar-refractivity contribution in [3.8, 4) is 0 Å². The van der Waals surface area contributed by atoms with Crippen molar-refractivity contribution in [2.45, 2.75) is 45.8 Å². The summed E-state index contributed by atoms with van der Waals surface area (Å²) in [6, 6.07) is 0. The number of nitrogen functional groups attached to an aromatic ring is 1. The van der Waals surface area contributed by atoms with Crippen LogP contribution in [-0.4, -0.2) is 44.8 Å². The second kappa shape index (κ2) is 6.05. The number of nitrogens with two attached hydrogens (primary N) is 1. The van der Waals surface area contributed by atoms with Crippen LogP contribution in [0.5, 0.6) is 0 Å². The Bertz CT molecular complexity index is 742. The first-order chi connectivity index (χ1) is 11.2. The number of β-amino-alcohol motifs (C(OH)–C–C–N with tert-alkyl or cyclic N) is 1. The van der Waals surface area contributed by atoms with Crippen LogP contribution in [0.25, 0.3) is 10.9 Å². The molecule has 0 spiro atoms. The van der Waals surface area contributed by atoms with Gasteiger partial charge in [0.1, 0.15) is 11.3 Å². The third-order valence-electron chi connectivity index (χ3n) is 4.38. The summed E-state index contributed by atoms with van der Waals surface area (Å²) in [5, 5.41) is 14.2. The van der Waals surface area contributed by atoms with Crippen LogP contribution in [0, 0.1) is 5.92 Å². The number of fused-ring (bicyclic) bond motifs is 1.